The molecule has 0 aliphatic heterocycles. The monoisotopic (exact) mass is 286 g/mol. The lowest BCUT2D eigenvalue weighted by Gasteiger charge is -2.18. The van der Waals surface area contributed by atoms with E-state index in [9.17, 15) is 8.42 Å². The Morgan fingerprint density at radius 2 is 1.89 bits per heavy atom. The summed E-state index contributed by atoms with van der Waals surface area (Å²) < 4.78 is 26.4. The molecule has 0 amide bonds. The Morgan fingerprint density at radius 1 is 1.33 bits per heavy atom. The zero-order valence-corrected chi connectivity index (χ0v) is 12.1. The van der Waals surface area contributed by atoms with E-state index in [1.165, 1.54) is 0 Å². The minimum atomic E-state index is -3.39. The molecule has 0 radical (unpaired) electrons. The van der Waals surface area contributed by atoms with Gasteiger partial charge in [0.05, 0.1) is 16.8 Å². The second-order valence-corrected chi connectivity index (χ2v) is 6.81. The van der Waals surface area contributed by atoms with E-state index in [0.717, 1.165) is 5.56 Å². The van der Waals surface area contributed by atoms with Gasteiger partial charge >= 0.3 is 0 Å². The third-order valence-electron chi connectivity index (χ3n) is 2.27. The van der Waals surface area contributed by atoms with E-state index in [1.807, 2.05) is 32.0 Å². The highest BCUT2D eigenvalue weighted by atomic mass is 32.2. The molecule has 0 saturated heterocycles. The molecule has 1 unspecified atom stereocenters. The van der Waals surface area contributed by atoms with Crippen molar-refractivity contribution < 1.29 is 8.42 Å². The molecule has 6 heteroatoms. The minimum absolute atomic E-state index is 0.0465. The van der Waals surface area contributed by atoms with Crippen molar-refractivity contribution in [1.82, 2.24) is 4.72 Å². The third-order valence-corrected chi connectivity index (χ3v) is 4.20. The van der Waals surface area contributed by atoms with E-state index in [4.69, 9.17) is 18.0 Å². The van der Waals surface area contributed by atoms with Gasteiger partial charge in [-0.05, 0) is 11.5 Å². The molecule has 1 rings (SSSR count). The highest BCUT2D eigenvalue weighted by molar-refractivity contribution is 7.89. The van der Waals surface area contributed by atoms with Crippen molar-refractivity contribution >= 4 is 27.2 Å². The highest BCUT2D eigenvalue weighted by Gasteiger charge is 2.22. The van der Waals surface area contributed by atoms with Gasteiger partial charge in [-0.1, -0.05) is 56.4 Å². The van der Waals surface area contributed by atoms with Gasteiger partial charge in [-0.25, -0.2) is 13.1 Å². The quantitative estimate of drug-likeness (QED) is 0.779. The van der Waals surface area contributed by atoms with Crippen LogP contribution in [-0.4, -0.2) is 19.2 Å². The first-order valence-electron chi connectivity index (χ1n) is 5.66. The van der Waals surface area contributed by atoms with Crippen LogP contribution in [0.15, 0.2) is 30.3 Å². The van der Waals surface area contributed by atoms with Gasteiger partial charge in [-0.2, -0.15) is 0 Å². The number of hydrogen-bond donors (Lipinski definition) is 2. The second-order valence-electron chi connectivity index (χ2n) is 4.54. The molecule has 1 aromatic rings. The highest BCUT2D eigenvalue weighted by Crippen LogP contribution is 2.15. The van der Waals surface area contributed by atoms with Crippen LogP contribution in [-0.2, 0) is 10.0 Å². The summed E-state index contributed by atoms with van der Waals surface area (Å²) in [6.07, 6.45) is 0. The van der Waals surface area contributed by atoms with Gasteiger partial charge in [0.25, 0.3) is 0 Å². The largest absolute Gasteiger partial charge is 0.392 e. The van der Waals surface area contributed by atoms with E-state index in [0.29, 0.717) is 0 Å². The van der Waals surface area contributed by atoms with Crippen LogP contribution in [0.1, 0.15) is 25.5 Å². The summed E-state index contributed by atoms with van der Waals surface area (Å²) in [6.45, 7) is 3.69. The summed E-state index contributed by atoms with van der Waals surface area (Å²) >= 11 is 4.93. The van der Waals surface area contributed by atoms with E-state index in [2.05, 4.69) is 4.72 Å². The third kappa shape index (κ3) is 4.72. The van der Waals surface area contributed by atoms with Gasteiger partial charge in [0, 0.05) is 0 Å². The standard InChI is InChI=1S/C12H18N2O2S2/c1-9(2)8-18(15,16)14-11(12(13)17)10-6-4-3-5-7-10/h3-7,9,11,14H,8H2,1-2H3,(H2,13,17). The molecule has 18 heavy (non-hydrogen) atoms. The minimum Gasteiger partial charge on any atom is -0.392 e. The van der Waals surface area contributed by atoms with Crippen molar-refractivity contribution in [2.75, 3.05) is 5.75 Å². The topological polar surface area (TPSA) is 72.2 Å². The number of benzene rings is 1. The fourth-order valence-corrected chi connectivity index (χ4v) is 3.47. The number of nitrogens with two attached hydrogens (primary N) is 1. The summed E-state index contributed by atoms with van der Waals surface area (Å²) in [4.78, 5) is 0.119. The Hall–Kier alpha value is -0.980. The molecule has 1 atom stereocenters. The number of nitrogens with one attached hydrogen (secondary N) is 1. The molecule has 0 bridgehead atoms. The molecule has 0 fully saturated rings. The van der Waals surface area contributed by atoms with Crippen molar-refractivity contribution in [1.29, 1.82) is 0 Å². The Kier molecular flexibility index (Phi) is 5.25. The molecule has 0 aliphatic carbocycles. The second kappa shape index (κ2) is 6.26. The average molecular weight is 286 g/mol. The Morgan fingerprint density at radius 3 is 2.33 bits per heavy atom. The predicted octanol–water partition coefficient (Wildman–Crippen LogP) is 1.59. The molecule has 100 valence electrons. The Labute approximate surface area is 114 Å². The lowest BCUT2D eigenvalue weighted by Crippen LogP contribution is -2.38. The number of thiocarbonyl (C=S) groups is 1. The van der Waals surface area contributed by atoms with E-state index in [1.54, 1.807) is 12.1 Å². The van der Waals surface area contributed by atoms with Crippen molar-refractivity contribution in [2.45, 2.75) is 19.9 Å². The maximum Gasteiger partial charge on any atom is 0.212 e. The predicted molar refractivity (Wildman–Crippen MR) is 77.7 cm³/mol. The fourth-order valence-electron chi connectivity index (χ4n) is 1.60. The lowest BCUT2D eigenvalue weighted by atomic mass is 10.1. The SMILES string of the molecule is CC(C)CS(=O)(=O)NC(C(N)=S)c1ccccc1. The van der Waals surface area contributed by atoms with E-state index < -0.39 is 16.1 Å². The van der Waals surface area contributed by atoms with E-state index >= 15 is 0 Å². The van der Waals surface area contributed by atoms with Crippen LogP contribution in [0.3, 0.4) is 0 Å². The summed E-state index contributed by atoms with van der Waals surface area (Å²) in [5.41, 5.74) is 6.36. The van der Waals surface area contributed by atoms with Gasteiger partial charge in [0.2, 0.25) is 10.0 Å². The summed E-state index contributed by atoms with van der Waals surface area (Å²) in [6, 6.07) is 8.42. The van der Waals surface area contributed by atoms with Crippen molar-refractivity contribution in [3.05, 3.63) is 35.9 Å². The van der Waals surface area contributed by atoms with Crippen LogP contribution < -0.4 is 10.5 Å². The van der Waals surface area contributed by atoms with Crippen LogP contribution in [0, 0.1) is 5.92 Å². The Bertz CT molecular complexity index is 498. The van der Waals surface area contributed by atoms with Gasteiger partial charge in [-0.3, -0.25) is 0 Å². The maximum atomic E-state index is 11.9. The first-order valence-corrected chi connectivity index (χ1v) is 7.72. The summed E-state index contributed by atoms with van der Waals surface area (Å²) in [5.74, 6) is 0.101. The van der Waals surface area contributed by atoms with Crippen LogP contribution in [0.25, 0.3) is 0 Å². The van der Waals surface area contributed by atoms with Crippen molar-refractivity contribution in [2.24, 2.45) is 11.7 Å². The van der Waals surface area contributed by atoms with E-state index in [-0.39, 0.29) is 16.7 Å². The van der Waals surface area contributed by atoms with Crippen LogP contribution in [0.2, 0.25) is 0 Å². The molecule has 0 saturated carbocycles. The van der Waals surface area contributed by atoms with Gasteiger partial charge in [0.15, 0.2) is 0 Å². The van der Waals surface area contributed by atoms with Gasteiger partial charge < -0.3 is 5.73 Å². The normalized spacial score (nSPS) is 13.5. The number of rotatable bonds is 6. The molecule has 0 heterocycles. The van der Waals surface area contributed by atoms with Crippen molar-refractivity contribution in [3.8, 4) is 0 Å². The number of sulfonamides is 1. The molecule has 0 aliphatic rings. The first-order chi connectivity index (χ1) is 8.32. The van der Waals surface area contributed by atoms with Crippen molar-refractivity contribution in [3.63, 3.8) is 0 Å². The van der Waals surface area contributed by atoms with Gasteiger partial charge in [-0.15, -0.1) is 0 Å². The molecular weight excluding hydrogens is 268 g/mol. The lowest BCUT2D eigenvalue weighted by molar-refractivity contribution is 0.564. The summed E-state index contributed by atoms with van der Waals surface area (Å²) in [5, 5.41) is 0. The molecule has 1 aromatic carbocycles. The maximum absolute atomic E-state index is 11.9. The van der Waals surface area contributed by atoms with Crippen LogP contribution >= 0.6 is 12.2 Å². The molecule has 0 spiro atoms. The first kappa shape index (κ1) is 15.1. The smallest absolute Gasteiger partial charge is 0.212 e. The average Bonchev–Trinajstić information content (AvgIpc) is 2.25. The molecule has 4 nitrogen and oxygen atoms in total. The fraction of sp³-hybridized carbons (Fsp3) is 0.417. The molecule has 3 N–H and O–H groups in total. The van der Waals surface area contributed by atoms with Gasteiger partial charge in [0.1, 0.15) is 0 Å². The van der Waals surface area contributed by atoms with Crippen LogP contribution in [0.5, 0.6) is 0 Å². The summed E-state index contributed by atoms with van der Waals surface area (Å²) in [7, 11) is -3.39. The zero-order valence-electron chi connectivity index (χ0n) is 10.5. The molecule has 0 aromatic heterocycles. The number of hydrogen-bond acceptors (Lipinski definition) is 3. The zero-order chi connectivity index (χ0) is 13.8. The Balaban J connectivity index is 2.93. The van der Waals surface area contributed by atoms with Crippen LogP contribution in [0.4, 0.5) is 0 Å². The molecular formula is C12H18N2O2S2.